The van der Waals surface area contributed by atoms with E-state index in [2.05, 4.69) is 40.4 Å². The highest BCUT2D eigenvalue weighted by Crippen LogP contribution is 2.47. The summed E-state index contributed by atoms with van der Waals surface area (Å²) >= 11 is 1.77. The second-order valence-corrected chi connectivity index (χ2v) is 6.00. The van der Waals surface area contributed by atoms with Gasteiger partial charge in [0.2, 0.25) is 5.91 Å². The zero-order valence-corrected chi connectivity index (χ0v) is 12.9. The number of para-hydroxylation sites is 2. The number of carbonyl (C=O) groups excluding carboxylic acids is 1. The molecule has 0 saturated carbocycles. The van der Waals surface area contributed by atoms with Crippen LogP contribution in [0.2, 0.25) is 0 Å². The van der Waals surface area contributed by atoms with Crippen LogP contribution in [0.1, 0.15) is 6.42 Å². The molecule has 2 aromatic carbocycles. The summed E-state index contributed by atoms with van der Waals surface area (Å²) in [7, 11) is 0. The van der Waals surface area contributed by atoms with Crippen LogP contribution in [-0.2, 0) is 4.79 Å². The molecule has 1 amide bonds. The maximum Gasteiger partial charge on any atom is 0.222 e. The molecule has 1 aliphatic rings. The van der Waals surface area contributed by atoms with E-state index in [0.717, 1.165) is 11.4 Å². The van der Waals surface area contributed by atoms with Crippen molar-refractivity contribution in [2.75, 3.05) is 18.0 Å². The van der Waals surface area contributed by atoms with Crippen LogP contribution in [0.25, 0.3) is 0 Å². The van der Waals surface area contributed by atoms with Gasteiger partial charge in [-0.2, -0.15) is 0 Å². The van der Waals surface area contributed by atoms with Crippen molar-refractivity contribution in [2.24, 2.45) is 0 Å². The van der Waals surface area contributed by atoms with Crippen molar-refractivity contribution < 1.29 is 4.79 Å². The standard InChI is InChI=1S/C18H16N2OS/c1-2-12-19-18(21)11-13-20-14-7-3-5-9-16(14)22-17-10-6-4-8-15(17)20/h1,3-10H,11-13H2,(H,19,21). The lowest BCUT2D eigenvalue weighted by molar-refractivity contribution is -0.120. The lowest BCUT2D eigenvalue weighted by Crippen LogP contribution is -2.29. The van der Waals surface area contributed by atoms with Crippen molar-refractivity contribution in [3.8, 4) is 12.3 Å². The summed E-state index contributed by atoms with van der Waals surface area (Å²) in [6.07, 6.45) is 5.58. The van der Waals surface area contributed by atoms with Gasteiger partial charge in [0.05, 0.1) is 17.9 Å². The molecule has 0 aromatic heterocycles. The van der Waals surface area contributed by atoms with Crippen molar-refractivity contribution in [1.82, 2.24) is 5.32 Å². The Bertz CT molecular complexity index is 690. The van der Waals surface area contributed by atoms with Gasteiger partial charge in [0.1, 0.15) is 0 Å². The zero-order valence-electron chi connectivity index (χ0n) is 12.1. The number of fused-ring (bicyclic) bond motifs is 2. The minimum Gasteiger partial charge on any atom is -0.345 e. The molecule has 0 unspecified atom stereocenters. The van der Waals surface area contributed by atoms with E-state index < -0.39 is 0 Å². The Hall–Kier alpha value is -2.38. The molecule has 22 heavy (non-hydrogen) atoms. The third-order valence-corrected chi connectivity index (χ3v) is 4.61. The summed E-state index contributed by atoms with van der Waals surface area (Å²) in [5.74, 6) is 2.40. The van der Waals surface area contributed by atoms with Crippen molar-refractivity contribution in [2.45, 2.75) is 16.2 Å². The molecule has 1 aliphatic heterocycles. The second-order valence-electron chi connectivity index (χ2n) is 4.92. The van der Waals surface area contributed by atoms with Gasteiger partial charge < -0.3 is 10.2 Å². The van der Waals surface area contributed by atoms with Crippen LogP contribution in [0.5, 0.6) is 0 Å². The normalized spacial score (nSPS) is 12.0. The average Bonchev–Trinajstić information content (AvgIpc) is 2.56. The van der Waals surface area contributed by atoms with Crippen molar-refractivity contribution in [3.05, 3.63) is 48.5 Å². The van der Waals surface area contributed by atoms with Gasteiger partial charge in [0.25, 0.3) is 0 Å². The Morgan fingerprint density at radius 3 is 2.27 bits per heavy atom. The molecular formula is C18H16N2OS. The highest BCUT2D eigenvalue weighted by molar-refractivity contribution is 7.99. The van der Waals surface area contributed by atoms with Crippen LogP contribution in [-0.4, -0.2) is 19.0 Å². The molecule has 3 rings (SSSR count). The summed E-state index contributed by atoms with van der Waals surface area (Å²) in [6, 6.07) is 16.5. The molecule has 0 bridgehead atoms. The van der Waals surface area contributed by atoms with E-state index in [4.69, 9.17) is 6.42 Å². The van der Waals surface area contributed by atoms with Crippen LogP contribution < -0.4 is 10.2 Å². The first-order valence-corrected chi connectivity index (χ1v) is 7.95. The van der Waals surface area contributed by atoms with E-state index in [0.29, 0.717) is 13.0 Å². The molecule has 2 aromatic rings. The van der Waals surface area contributed by atoms with E-state index in [1.165, 1.54) is 9.79 Å². The predicted molar refractivity (Wildman–Crippen MR) is 90.5 cm³/mol. The molecule has 0 spiro atoms. The van der Waals surface area contributed by atoms with E-state index in [9.17, 15) is 4.79 Å². The summed E-state index contributed by atoms with van der Waals surface area (Å²) in [5.41, 5.74) is 2.30. The predicted octanol–water partition coefficient (Wildman–Crippen LogP) is 3.43. The Morgan fingerprint density at radius 2 is 1.68 bits per heavy atom. The van der Waals surface area contributed by atoms with Crippen LogP contribution in [0.15, 0.2) is 58.3 Å². The number of amides is 1. The van der Waals surface area contributed by atoms with Crippen LogP contribution in [0.3, 0.4) is 0 Å². The lowest BCUT2D eigenvalue weighted by Gasteiger charge is -2.32. The Morgan fingerprint density at radius 1 is 1.09 bits per heavy atom. The van der Waals surface area contributed by atoms with Gasteiger partial charge in [-0.05, 0) is 24.3 Å². The number of benzene rings is 2. The van der Waals surface area contributed by atoms with Gasteiger partial charge in [-0.25, -0.2) is 0 Å². The Kier molecular flexibility index (Phi) is 4.36. The molecule has 0 aliphatic carbocycles. The minimum absolute atomic E-state index is 0.0221. The Balaban J connectivity index is 1.84. The molecule has 1 N–H and O–H groups in total. The Labute approximate surface area is 134 Å². The SMILES string of the molecule is C#CCNC(=O)CCN1c2ccccc2Sc2ccccc21. The van der Waals surface area contributed by atoms with Gasteiger partial charge in [0, 0.05) is 22.8 Å². The van der Waals surface area contributed by atoms with Crippen LogP contribution in [0, 0.1) is 12.3 Å². The van der Waals surface area contributed by atoms with Gasteiger partial charge in [-0.15, -0.1) is 6.42 Å². The third-order valence-electron chi connectivity index (χ3n) is 3.48. The smallest absolute Gasteiger partial charge is 0.222 e. The van der Waals surface area contributed by atoms with E-state index in [-0.39, 0.29) is 12.5 Å². The summed E-state index contributed by atoms with van der Waals surface area (Å²) in [4.78, 5) is 16.5. The maximum absolute atomic E-state index is 11.8. The molecule has 0 radical (unpaired) electrons. The van der Waals surface area contributed by atoms with Crippen LogP contribution in [0.4, 0.5) is 11.4 Å². The number of rotatable bonds is 4. The molecule has 110 valence electrons. The molecule has 3 nitrogen and oxygen atoms in total. The van der Waals surface area contributed by atoms with E-state index >= 15 is 0 Å². The summed E-state index contributed by atoms with van der Waals surface area (Å²) < 4.78 is 0. The molecule has 0 fully saturated rings. The average molecular weight is 308 g/mol. The summed E-state index contributed by atoms with van der Waals surface area (Å²) in [5, 5.41) is 2.71. The number of anilines is 2. The fourth-order valence-corrected chi connectivity index (χ4v) is 3.57. The van der Waals surface area contributed by atoms with E-state index in [1.54, 1.807) is 11.8 Å². The first-order chi connectivity index (χ1) is 10.8. The molecule has 0 atom stereocenters. The van der Waals surface area contributed by atoms with Gasteiger partial charge in [-0.3, -0.25) is 4.79 Å². The molecular weight excluding hydrogens is 292 g/mol. The number of hydrogen-bond acceptors (Lipinski definition) is 3. The monoisotopic (exact) mass is 308 g/mol. The fraction of sp³-hybridized carbons (Fsp3) is 0.167. The third kappa shape index (κ3) is 2.95. The number of carbonyl (C=O) groups is 1. The largest absolute Gasteiger partial charge is 0.345 e. The topological polar surface area (TPSA) is 32.3 Å². The zero-order chi connectivity index (χ0) is 15.4. The van der Waals surface area contributed by atoms with Gasteiger partial charge in [-0.1, -0.05) is 41.9 Å². The fourth-order valence-electron chi connectivity index (χ4n) is 2.47. The quantitative estimate of drug-likeness (QED) is 0.878. The van der Waals surface area contributed by atoms with Crippen molar-refractivity contribution in [3.63, 3.8) is 0 Å². The number of nitrogens with one attached hydrogen (secondary N) is 1. The number of terminal acetylenes is 1. The van der Waals surface area contributed by atoms with Crippen molar-refractivity contribution >= 4 is 29.0 Å². The van der Waals surface area contributed by atoms with Gasteiger partial charge >= 0.3 is 0 Å². The van der Waals surface area contributed by atoms with Gasteiger partial charge in [0.15, 0.2) is 0 Å². The molecule has 1 heterocycles. The second kappa shape index (κ2) is 6.59. The first-order valence-electron chi connectivity index (χ1n) is 7.13. The summed E-state index contributed by atoms with van der Waals surface area (Å²) in [6.45, 7) is 0.910. The lowest BCUT2D eigenvalue weighted by atomic mass is 10.2. The number of nitrogens with zero attached hydrogens (tertiary/aromatic N) is 1. The highest BCUT2D eigenvalue weighted by atomic mass is 32.2. The minimum atomic E-state index is -0.0221. The molecule has 4 heteroatoms. The highest BCUT2D eigenvalue weighted by Gasteiger charge is 2.22. The van der Waals surface area contributed by atoms with Crippen molar-refractivity contribution in [1.29, 1.82) is 0 Å². The van der Waals surface area contributed by atoms with E-state index in [1.807, 2.05) is 24.3 Å². The maximum atomic E-state index is 11.8. The first kappa shape index (κ1) is 14.6. The molecule has 0 saturated heterocycles. The number of hydrogen-bond donors (Lipinski definition) is 1. The van der Waals surface area contributed by atoms with Crippen LogP contribution >= 0.6 is 11.8 Å².